The molecule has 2 aromatic rings. The number of aromatic amines is 2. The molecule has 1 unspecified atom stereocenters. The standard InChI is InChI=1S/C13H22N5O6P/c1-3-23-25(20,24-4-2)8-21-5-9(19)6-22-13-17-11(14)10-12(18-13)16-7-15-10/h7,9,19H,3-6,8H2,1-2H3,(H3,14,15,16,17,18)/p+1. The van der Waals surface area contributed by atoms with Crippen molar-refractivity contribution in [2.75, 3.05) is 38.5 Å². The van der Waals surface area contributed by atoms with Gasteiger partial charge < -0.3 is 29.4 Å². The summed E-state index contributed by atoms with van der Waals surface area (Å²) in [5.41, 5.74) is 6.82. The van der Waals surface area contributed by atoms with Crippen molar-refractivity contribution >= 4 is 24.6 Å². The first-order valence-electron chi connectivity index (χ1n) is 7.76. The Hall–Kier alpha value is -1.78. The van der Waals surface area contributed by atoms with E-state index in [0.29, 0.717) is 11.2 Å². The highest BCUT2D eigenvalue weighted by Gasteiger charge is 2.24. The van der Waals surface area contributed by atoms with Crippen molar-refractivity contribution in [2.24, 2.45) is 0 Å². The number of rotatable bonds is 11. The van der Waals surface area contributed by atoms with E-state index < -0.39 is 13.7 Å². The number of anilines is 1. The van der Waals surface area contributed by atoms with E-state index in [1.807, 2.05) is 0 Å². The molecule has 12 heteroatoms. The first-order valence-corrected chi connectivity index (χ1v) is 9.49. The summed E-state index contributed by atoms with van der Waals surface area (Å²) in [6.07, 6.45) is 0.337. The molecule has 0 saturated heterocycles. The maximum absolute atomic E-state index is 12.2. The van der Waals surface area contributed by atoms with Gasteiger partial charge >= 0.3 is 19.3 Å². The fraction of sp³-hybridized carbons (Fsp3) is 0.615. The average molecular weight is 376 g/mol. The number of ether oxygens (including phenoxy) is 2. The molecular weight excluding hydrogens is 353 g/mol. The first-order chi connectivity index (χ1) is 12.0. The maximum Gasteiger partial charge on any atom is 0.397 e. The molecule has 11 nitrogen and oxygen atoms in total. The van der Waals surface area contributed by atoms with Crippen molar-refractivity contribution in [3.8, 4) is 6.01 Å². The number of hydrogen-bond donors (Lipinski definition) is 3. The summed E-state index contributed by atoms with van der Waals surface area (Å²) in [6.45, 7) is 3.66. The third-order valence-electron chi connectivity index (χ3n) is 2.96. The Kier molecular flexibility index (Phi) is 7.09. The number of nitrogens with one attached hydrogen (secondary N) is 2. The van der Waals surface area contributed by atoms with Crippen molar-refractivity contribution in [3.05, 3.63) is 6.33 Å². The molecule has 2 rings (SSSR count). The number of nitrogens with two attached hydrogens (primary N) is 1. The van der Waals surface area contributed by atoms with Gasteiger partial charge in [-0.05, 0) is 18.8 Å². The summed E-state index contributed by atoms with van der Waals surface area (Å²) in [4.78, 5) is 13.8. The second-order valence-electron chi connectivity index (χ2n) is 4.96. The monoisotopic (exact) mass is 376 g/mol. The number of aromatic nitrogens is 4. The van der Waals surface area contributed by atoms with E-state index >= 15 is 0 Å². The van der Waals surface area contributed by atoms with Crippen LogP contribution in [0.1, 0.15) is 13.8 Å². The average Bonchev–Trinajstić information content (AvgIpc) is 3.02. The van der Waals surface area contributed by atoms with Crippen LogP contribution in [0.15, 0.2) is 6.33 Å². The van der Waals surface area contributed by atoms with Crippen molar-refractivity contribution in [2.45, 2.75) is 20.0 Å². The van der Waals surface area contributed by atoms with Crippen LogP contribution in [-0.2, 0) is 18.3 Å². The van der Waals surface area contributed by atoms with Gasteiger partial charge in [-0.15, -0.1) is 0 Å². The van der Waals surface area contributed by atoms with Gasteiger partial charge in [0.15, 0.2) is 12.1 Å². The lowest BCUT2D eigenvalue weighted by molar-refractivity contribution is -0.347. The lowest BCUT2D eigenvalue weighted by Crippen LogP contribution is -2.24. The third-order valence-corrected chi connectivity index (χ3v) is 4.76. The van der Waals surface area contributed by atoms with Crippen molar-refractivity contribution in [1.82, 2.24) is 15.0 Å². The van der Waals surface area contributed by atoms with Crippen molar-refractivity contribution < 1.29 is 33.2 Å². The molecule has 0 aromatic carbocycles. The van der Waals surface area contributed by atoms with E-state index in [1.165, 1.54) is 0 Å². The molecule has 0 fully saturated rings. The minimum Gasteiger partial charge on any atom is -0.448 e. The highest BCUT2D eigenvalue weighted by molar-refractivity contribution is 7.53. The highest BCUT2D eigenvalue weighted by Crippen LogP contribution is 2.47. The minimum absolute atomic E-state index is 0.0224. The fourth-order valence-electron chi connectivity index (χ4n) is 1.97. The van der Waals surface area contributed by atoms with Crippen molar-refractivity contribution in [1.29, 1.82) is 0 Å². The van der Waals surface area contributed by atoms with Gasteiger partial charge in [-0.25, -0.2) is 4.98 Å². The van der Waals surface area contributed by atoms with E-state index in [-0.39, 0.29) is 44.6 Å². The predicted molar refractivity (Wildman–Crippen MR) is 88.0 cm³/mol. The highest BCUT2D eigenvalue weighted by atomic mass is 31.2. The largest absolute Gasteiger partial charge is 0.448 e. The summed E-state index contributed by atoms with van der Waals surface area (Å²) < 4.78 is 32.9. The van der Waals surface area contributed by atoms with Crippen LogP contribution >= 0.6 is 7.60 Å². The van der Waals surface area contributed by atoms with E-state index in [2.05, 4.69) is 19.9 Å². The molecule has 0 saturated carbocycles. The molecule has 0 spiro atoms. The molecule has 0 aliphatic rings. The van der Waals surface area contributed by atoms with Gasteiger partial charge in [0.1, 0.15) is 19.1 Å². The minimum atomic E-state index is -3.30. The van der Waals surface area contributed by atoms with Crippen LogP contribution in [0.4, 0.5) is 5.82 Å². The number of H-pyrrole nitrogens is 2. The SMILES string of the molecule is CCOP(=O)(COCC(O)COc1nc(N)c2[nH]c[nH+]c2n1)OCC. The zero-order chi connectivity index (χ0) is 18.3. The second-order valence-corrected chi connectivity index (χ2v) is 6.96. The molecule has 5 N–H and O–H groups in total. The number of hydrogen-bond acceptors (Lipinski definition) is 9. The van der Waals surface area contributed by atoms with Crippen molar-refractivity contribution in [3.63, 3.8) is 0 Å². The molecule has 2 aromatic heterocycles. The van der Waals surface area contributed by atoms with E-state index in [4.69, 9.17) is 24.3 Å². The van der Waals surface area contributed by atoms with Gasteiger partial charge in [-0.3, -0.25) is 9.55 Å². The van der Waals surface area contributed by atoms with Crippen LogP contribution in [0, 0.1) is 0 Å². The van der Waals surface area contributed by atoms with Crippen LogP contribution < -0.4 is 15.5 Å². The van der Waals surface area contributed by atoms with Gasteiger partial charge in [0.05, 0.1) is 19.8 Å². The van der Waals surface area contributed by atoms with Crippen LogP contribution in [0.5, 0.6) is 6.01 Å². The molecule has 1 atom stereocenters. The van der Waals surface area contributed by atoms with Gasteiger partial charge in [0, 0.05) is 0 Å². The quantitative estimate of drug-likeness (QED) is 0.470. The zero-order valence-corrected chi connectivity index (χ0v) is 15.0. The molecule has 2 heterocycles. The topological polar surface area (TPSA) is 156 Å². The van der Waals surface area contributed by atoms with Crippen LogP contribution in [-0.4, -0.2) is 58.9 Å². The van der Waals surface area contributed by atoms with Gasteiger partial charge in [-0.1, -0.05) is 0 Å². The Morgan fingerprint density at radius 1 is 1.32 bits per heavy atom. The summed E-state index contributed by atoms with van der Waals surface area (Å²) in [5.74, 6) is 0.223. The zero-order valence-electron chi connectivity index (χ0n) is 14.1. The summed E-state index contributed by atoms with van der Waals surface area (Å²) >= 11 is 0. The normalized spacial score (nSPS) is 13.2. The number of nitrogen functional groups attached to an aromatic ring is 1. The number of fused-ring (bicyclic) bond motifs is 1. The lowest BCUT2D eigenvalue weighted by atomic mass is 10.4. The molecule has 0 radical (unpaired) electrons. The van der Waals surface area contributed by atoms with Crippen LogP contribution in [0.3, 0.4) is 0 Å². The molecular formula is C13H23N5O6P+. The molecule has 0 bridgehead atoms. The Morgan fingerprint density at radius 3 is 2.72 bits per heavy atom. The summed E-state index contributed by atoms with van der Waals surface area (Å²) in [6, 6.07) is 0.0224. The third kappa shape index (κ3) is 5.62. The number of nitrogens with zero attached hydrogens (tertiary/aromatic N) is 2. The maximum atomic E-state index is 12.2. The van der Waals surface area contributed by atoms with Crippen LogP contribution in [0.25, 0.3) is 11.2 Å². The number of aliphatic hydroxyl groups excluding tert-OH is 1. The molecule has 0 aliphatic heterocycles. The van der Waals surface area contributed by atoms with Gasteiger partial charge in [0.2, 0.25) is 5.52 Å². The predicted octanol–water partition coefficient (Wildman–Crippen LogP) is 0.334. The van der Waals surface area contributed by atoms with Gasteiger partial charge in [-0.2, -0.15) is 4.98 Å². The molecule has 0 aliphatic carbocycles. The summed E-state index contributed by atoms with van der Waals surface area (Å²) in [5, 5.41) is 9.89. The van der Waals surface area contributed by atoms with E-state index in [0.717, 1.165) is 0 Å². The number of imidazole rings is 1. The Bertz CT molecular complexity index is 716. The molecule has 140 valence electrons. The molecule has 25 heavy (non-hydrogen) atoms. The van der Waals surface area contributed by atoms with E-state index in [9.17, 15) is 9.67 Å². The van der Waals surface area contributed by atoms with Gasteiger partial charge in [0.25, 0.3) is 0 Å². The summed E-state index contributed by atoms with van der Waals surface area (Å²) in [7, 11) is -3.30. The Morgan fingerprint density at radius 2 is 2.04 bits per heavy atom. The van der Waals surface area contributed by atoms with Crippen LogP contribution in [0.2, 0.25) is 0 Å². The lowest BCUT2D eigenvalue weighted by Gasteiger charge is -2.18. The smallest absolute Gasteiger partial charge is 0.397 e. The second kappa shape index (κ2) is 9.07. The van der Waals surface area contributed by atoms with E-state index in [1.54, 1.807) is 20.2 Å². The molecule has 0 amide bonds. The number of aliphatic hydroxyl groups is 1. The Balaban J connectivity index is 1.79. The fourth-order valence-corrected chi connectivity index (χ4v) is 3.31. The first kappa shape index (κ1) is 19.5. The Labute approximate surface area is 144 Å².